The van der Waals surface area contributed by atoms with E-state index >= 15 is 0 Å². The molecule has 0 radical (unpaired) electrons. The molecule has 0 unspecified atom stereocenters. The van der Waals surface area contributed by atoms with E-state index in [-0.39, 0.29) is 5.24 Å². The molecular formula is C20H27N3O2S. The molecule has 5 nitrogen and oxygen atoms in total. The summed E-state index contributed by atoms with van der Waals surface area (Å²) >= 11 is 1.27. The standard InChI is InChI=1S/C20H27N3O2S/c1-3-5-6-10-14-26-20(24)22-17-15-19(25-13-4-2)23(21-16-17)18-11-8-7-9-12-18/h7-9,11-12,15-16H,3-6,10,13-14H2,1-2H3. The summed E-state index contributed by atoms with van der Waals surface area (Å²) in [6, 6.07) is 11.5. The zero-order valence-electron chi connectivity index (χ0n) is 15.6. The summed E-state index contributed by atoms with van der Waals surface area (Å²) in [4.78, 5) is 16.2. The van der Waals surface area contributed by atoms with Gasteiger partial charge in [-0.3, -0.25) is 4.79 Å². The first-order valence-corrected chi connectivity index (χ1v) is 10.2. The number of unbranched alkanes of at least 4 members (excludes halogenated alkanes) is 3. The van der Waals surface area contributed by atoms with Gasteiger partial charge in [-0.2, -0.15) is 5.10 Å². The van der Waals surface area contributed by atoms with E-state index in [2.05, 4.69) is 17.0 Å². The molecule has 1 heterocycles. The second kappa shape index (κ2) is 11.5. The average molecular weight is 374 g/mol. The monoisotopic (exact) mass is 373 g/mol. The Morgan fingerprint density at radius 1 is 1.15 bits per heavy atom. The lowest BCUT2D eigenvalue weighted by molar-refractivity contribution is 0.267. The van der Waals surface area contributed by atoms with Crippen molar-refractivity contribution in [1.29, 1.82) is 0 Å². The van der Waals surface area contributed by atoms with Gasteiger partial charge in [-0.15, -0.1) is 0 Å². The molecule has 1 aromatic heterocycles. The number of carbonyl (C=O) groups is 1. The van der Waals surface area contributed by atoms with Gasteiger partial charge in [0.05, 0.1) is 23.8 Å². The third kappa shape index (κ3) is 6.67. The molecule has 2 aromatic rings. The minimum absolute atomic E-state index is 0.179. The zero-order chi connectivity index (χ0) is 18.6. The quantitative estimate of drug-likeness (QED) is 0.581. The zero-order valence-corrected chi connectivity index (χ0v) is 16.4. The van der Waals surface area contributed by atoms with Crippen LogP contribution in [0, 0.1) is 0 Å². The van der Waals surface area contributed by atoms with Crippen molar-refractivity contribution in [2.24, 2.45) is 4.99 Å². The molecule has 0 spiro atoms. The van der Waals surface area contributed by atoms with Crippen LogP contribution in [0.1, 0.15) is 46.0 Å². The molecule has 0 aliphatic carbocycles. The van der Waals surface area contributed by atoms with Crippen molar-refractivity contribution in [1.82, 2.24) is 9.78 Å². The lowest BCUT2D eigenvalue weighted by Gasteiger charge is -2.12. The molecule has 140 valence electrons. The molecule has 0 N–H and O–H groups in total. The van der Waals surface area contributed by atoms with E-state index in [4.69, 9.17) is 4.74 Å². The lowest BCUT2D eigenvalue weighted by atomic mass is 10.2. The van der Waals surface area contributed by atoms with Crippen LogP contribution in [0.5, 0.6) is 5.88 Å². The second-order valence-corrected chi connectivity index (χ2v) is 6.98. The number of para-hydroxylation sites is 1. The van der Waals surface area contributed by atoms with Crippen LogP contribution in [0.2, 0.25) is 0 Å². The number of benzene rings is 1. The summed E-state index contributed by atoms with van der Waals surface area (Å²) in [5.74, 6) is 1.39. The summed E-state index contributed by atoms with van der Waals surface area (Å²) in [7, 11) is 0. The first kappa shape index (κ1) is 20.2. The highest BCUT2D eigenvalue weighted by molar-refractivity contribution is 8.13. The van der Waals surface area contributed by atoms with E-state index in [9.17, 15) is 4.79 Å². The molecular weight excluding hydrogens is 346 g/mol. The van der Waals surface area contributed by atoms with Gasteiger partial charge in [0.1, 0.15) is 0 Å². The fraction of sp³-hybridized carbons (Fsp3) is 0.450. The smallest absolute Gasteiger partial charge is 0.305 e. The van der Waals surface area contributed by atoms with E-state index in [0.717, 1.165) is 30.7 Å². The second-order valence-electron chi connectivity index (χ2n) is 5.93. The van der Waals surface area contributed by atoms with Crippen molar-refractivity contribution >= 4 is 17.0 Å². The highest BCUT2D eigenvalue weighted by Gasteiger charge is 2.06. The Morgan fingerprint density at radius 3 is 2.69 bits per heavy atom. The van der Waals surface area contributed by atoms with Crippen molar-refractivity contribution in [3.05, 3.63) is 48.0 Å². The van der Waals surface area contributed by atoms with Gasteiger partial charge >= 0.3 is 5.24 Å². The highest BCUT2D eigenvalue weighted by atomic mass is 32.2. The summed E-state index contributed by atoms with van der Waals surface area (Å²) in [6.07, 6.45) is 7.11. The van der Waals surface area contributed by atoms with Gasteiger partial charge in [0.15, 0.2) is 0 Å². The van der Waals surface area contributed by atoms with Crippen molar-refractivity contribution in [2.45, 2.75) is 46.0 Å². The summed E-state index contributed by atoms with van der Waals surface area (Å²) in [5, 5.41) is 4.76. The van der Waals surface area contributed by atoms with Gasteiger partial charge in [-0.25, -0.2) is 9.67 Å². The Labute approximate surface area is 159 Å². The molecule has 0 atom stereocenters. The maximum absolute atomic E-state index is 12.0. The summed E-state index contributed by atoms with van der Waals surface area (Å²) in [6.45, 7) is 4.81. The number of carbonyl (C=O) groups excluding carboxylic acids is 1. The van der Waals surface area contributed by atoms with Gasteiger partial charge in [-0.1, -0.05) is 63.1 Å². The van der Waals surface area contributed by atoms with E-state index in [0.29, 0.717) is 17.8 Å². The Morgan fingerprint density at radius 2 is 1.96 bits per heavy atom. The molecule has 0 saturated heterocycles. The Kier molecular flexibility index (Phi) is 8.96. The molecule has 1 amide bonds. The SMILES string of the molecule is CCCCCCSC(=O)N=c1cnn(-c2ccccc2)c(OCCC)c1. The number of amides is 1. The normalized spacial score (nSPS) is 11.5. The predicted molar refractivity (Wildman–Crippen MR) is 107 cm³/mol. The van der Waals surface area contributed by atoms with E-state index in [1.54, 1.807) is 16.9 Å². The van der Waals surface area contributed by atoms with Crippen molar-refractivity contribution in [3.8, 4) is 11.6 Å². The van der Waals surface area contributed by atoms with Crippen LogP contribution < -0.4 is 10.1 Å². The third-order valence-electron chi connectivity index (χ3n) is 3.68. The number of nitrogens with zero attached hydrogens (tertiary/aromatic N) is 3. The van der Waals surface area contributed by atoms with Gasteiger partial charge < -0.3 is 4.74 Å². The van der Waals surface area contributed by atoms with E-state index < -0.39 is 0 Å². The molecule has 0 bridgehead atoms. The summed E-state index contributed by atoms with van der Waals surface area (Å²) < 4.78 is 7.53. The molecule has 2 rings (SSSR count). The maximum atomic E-state index is 12.0. The Hall–Kier alpha value is -2.08. The van der Waals surface area contributed by atoms with Gasteiger partial charge in [0.2, 0.25) is 5.88 Å². The molecule has 0 aliphatic heterocycles. The fourth-order valence-corrected chi connectivity index (χ4v) is 3.05. The molecule has 26 heavy (non-hydrogen) atoms. The van der Waals surface area contributed by atoms with Crippen LogP contribution in [0.4, 0.5) is 4.79 Å². The first-order valence-electron chi connectivity index (χ1n) is 9.23. The molecule has 0 fully saturated rings. The minimum atomic E-state index is -0.179. The van der Waals surface area contributed by atoms with Crippen molar-refractivity contribution in [2.75, 3.05) is 12.4 Å². The minimum Gasteiger partial charge on any atom is -0.478 e. The van der Waals surface area contributed by atoms with Gasteiger partial charge in [0.25, 0.3) is 0 Å². The number of thioether (sulfide) groups is 1. The number of aromatic nitrogens is 2. The largest absolute Gasteiger partial charge is 0.478 e. The van der Waals surface area contributed by atoms with Crippen LogP contribution in [0.3, 0.4) is 0 Å². The van der Waals surface area contributed by atoms with Crippen LogP contribution in [-0.4, -0.2) is 27.4 Å². The number of hydrogen-bond donors (Lipinski definition) is 0. The number of hydrogen-bond acceptors (Lipinski definition) is 4. The van der Waals surface area contributed by atoms with Crippen LogP contribution >= 0.6 is 11.8 Å². The third-order valence-corrected chi connectivity index (χ3v) is 4.52. The van der Waals surface area contributed by atoms with Crippen LogP contribution in [0.25, 0.3) is 5.69 Å². The Balaban J connectivity index is 2.12. The maximum Gasteiger partial charge on any atom is 0.305 e. The van der Waals surface area contributed by atoms with Gasteiger partial charge in [0, 0.05) is 11.8 Å². The van der Waals surface area contributed by atoms with Crippen molar-refractivity contribution < 1.29 is 9.53 Å². The highest BCUT2D eigenvalue weighted by Crippen LogP contribution is 2.15. The first-order chi connectivity index (χ1) is 12.7. The average Bonchev–Trinajstić information content (AvgIpc) is 2.67. The van der Waals surface area contributed by atoms with Gasteiger partial charge in [-0.05, 0) is 25.0 Å². The summed E-state index contributed by atoms with van der Waals surface area (Å²) in [5.41, 5.74) is 0.904. The molecule has 6 heteroatoms. The van der Waals surface area contributed by atoms with E-state index in [1.807, 2.05) is 37.3 Å². The molecule has 0 saturated carbocycles. The number of rotatable bonds is 9. The fourth-order valence-electron chi connectivity index (χ4n) is 2.36. The number of ether oxygens (including phenoxy) is 1. The van der Waals surface area contributed by atoms with Crippen LogP contribution in [-0.2, 0) is 0 Å². The van der Waals surface area contributed by atoms with E-state index in [1.165, 1.54) is 24.6 Å². The molecule has 0 aliphatic rings. The van der Waals surface area contributed by atoms with Crippen LogP contribution in [0.15, 0.2) is 47.6 Å². The molecule has 1 aromatic carbocycles. The van der Waals surface area contributed by atoms with Crippen molar-refractivity contribution in [3.63, 3.8) is 0 Å². The Bertz CT molecular complexity index is 744. The topological polar surface area (TPSA) is 56.5 Å². The lowest BCUT2D eigenvalue weighted by Crippen LogP contribution is -2.15. The predicted octanol–water partition coefficient (Wildman–Crippen LogP) is 5.00.